The maximum absolute atomic E-state index is 13.0. The lowest BCUT2D eigenvalue weighted by molar-refractivity contribution is 0.0746. The lowest BCUT2D eigenvalue weighted by Gasteiger charge is -2.35. The predicted octanol–water partition coefficient (Wildman–Crippen LogP) is 3.01. The molecule has 3 rings (SSSR count). The highest BCUT2D eigenvalue weighted by atomic mass is 19.1. The molecular formula is C19H23FN4O. The van der Waals surface area contributed by atoms with Gasteiger partial charge in [-0.1, -0.05) is 13.8 Å². The van der Waals surface area contributed by atoms with Gasteiger partial charge in [0.25, 0.3) is 5.91 Å². The third kappa shape index (κ3) is 3.95. The lowest BCUT2D eigenvalue weighted by atomic mass is 10.1. The van der Waals surface area contributed by atoms with Gasteiger partial charge in [-0.15, -0.1) is 0 Å². The summed E-state index contributed by atoms with van der Waals surface area (Å²) in [6.07, 6.45) is 0. The van der Waals surface area contributed by atoms with E-state index in [1.54, 1.807) is 4.90 Å². The molecule has 5 nitrogen and oxygen atoms in total. The van der Waals surface area contributed by atoms with Crippen LogP contribution in [0.3, 0.4) is 0 Å². The Kier molecular flexibility index (Phi) is 4.97. The van der Waals surface area contributed by atoms with E-state index in [4.69, 9.17) is 0 Å². The summed E-state index contributed by atoms with van der Waals surface area (Å²) in [6, 6.07) is 7.70. The summed E-state index contributed by atoms with van der Waals surface area (Å²) in [4.78, 5) is 25.7. The standard InChI is InChI=1S/C19H23FN4O/c1-13(2)18-21-14(3)12-17(22-18)23-8-10-24(11-9-23)19(25)15-4-6-16(20)7-5-15/h4-7,12-13H,8-11H2,1-3H3. The van der Waals surface area contributed by atoms with E-state index in [0.717, 1.165) is 30.4 Å². The molecule has 1 aliphatic rings. The van der Waals surface area contributed by atoms with E-state index in [9.17, 15) is 9.18 Å². The Morgan fingerprint density at radius 2 is 1.72 bits per heavy atom. The average Bonchev–Trinajstić information content (AvgIpc) is 2.61. The fourth-order valence-electron chi connectivity index (χ4n) is 2.91. The number of rotatable bonds is 3. The predicted molar refractivity (Wildman–Crippen MR) is 95.4 cm³/mol. The number of aryl methyl sites for hydroxylation is 1. The lowest BCUT2D eigenvalue weighted by Crippen LogP contribution is -2.49. The van der Waals surface area contributed by atoms with Crippen molar-refractivity contribution in [2.75, 3.05) is 31.1 Å². The molecule has 6 heteroatoms. The number of hydrogen-bond donors (Lipinski definition) is 0. The number of halogens is 1. The van der Waals surface area contributed by atoms with Crippen molar-refractivity contribution in [3.05, 3.63) is 53.2 Å². The maximum Gasteiger partial charge on any atom is 0.253 e. The number of amides is 1. The van der Waals surface area contributed by atoms with Gasteiger partial charge in [-0.25, -0.2) is 14.4 Å². The van der Waals surface area contributed by atoms with Gasteiger partial charge in [0, 0.05) is 49.4 Å². The molecule has 0 atom stereocenters. The molecule has 1 aliphatic heterocycles. The SMILES string of the molecule is Cc1cc(N2CCN(C(=O)c3ccc(F)cc3)CC2)nc(C(C)C)n1. The van der Waals surface area contributed by atoms with E-state index in [2.05, 4.69) is 28.7 Å². The second-order valence-corrected chi connectivity index (χ2v) is 6.67. The van der Waals surface area contributed by atoms with Gasteiger partial charge in [-0.05, 0) is 31.2 Å². The molecule has 0 N–H and O–H groups in total. The Bertz CT molecular complexity index is 753. The van der Waals surface area contributed by atoms with Gasteiger partial charge in [-0.2, -0.15) is 0 Å². The summed E-state index contributed by atoms with van der Waals surface area (Å²) in [5.74, 6) is 1.66. The largest absolute Gasteiger partial charge is 0.353 e. The zero-order chi connectivity index (χ0) is 18.0. The molecule has 0 aliphatic carbocycles. The molecule has 1 fully saturated rings. The van der Waals surface area contributed by atoms with Gasteiger partial charge >= 0.3 is 0 Å². The maximum atomic E-state index is 13.0. The summed E-state index contributed by atoms with van der Waals surface area (Å²) < 4.78 is 13.0. The van der Waals surface area contributed by atoms with Crippen LogP contribution in [0.5, 0.6) is 0 Å². The molecule has 1 amide bonds. The Morgan fingerprint density at radius 1 is 1.08 bits per heavy atom. The summed E-state index contributed by atoms with van der Waals surface area (Å²) in [5.41, 5.74) is 1.48. The highest BCUT2D eigenvalue weighted by Crippen LogP contribution is 2.19. The second-order valence-electron chi connectivity index (χ2n) is 6.67. The fraction of sp³-hybridized carbons (Fsp3) is 0.421. The highest BCUT2D eigenvalue weighted by molar-refractivity contribution is 5.94. The minimum Gasteiger partial charge on any atom is -0.353 e. The molecule has 0 saturated carbocycles. The zero-order valence-electron chi connectivity index (χ0n) is 14.9. The molecule has 0 bridgehead atoms. The molecule has 0 unspecified atom stereocenters. The molecule has 25 heavy (non-hydrogen) atoms. The third-order valence-corrected chi connectivity index (χ3v) is 4.36. The van der Waals surface area contributed by atoms with E-state index in [1.807, 2.05) is 13.0 Å². The number of carbonyl (C=O) groups is 1. The fourth-order valence-corrected chi connectivity index (χ4v) is 2.91. The Hall–Kier alpha value is -2.50. The topological polar surface area (TPSA) is 49.3 Å². The first kappa shape index (κ1) is 17.3. The Morgan fingerprint density at radius 3 is 2.32 bits per heavy atom. The van der Waals surface area contributed by atoms with E-state index in [-0.39, 0.29) is 17.6 Å². The van der Waals surface area contributed by atoms with Gasteiger partial charge in [0.1, 0.15) is 17.5 Å². The summed E-state index contributed by atoms with van der Waals surface area (Å²) in [7, 11) is 0. The monoisotopic (exact) mass is 342 g/mol. The quantitative estimate of drug-likeness (QED) is 0.860. The van der Waals surface area contributed by atoms with Crippen LogP contribution in [-0.4, -0.2) is 47.0 Å². The van der Waals surface area contributed by atoms with Crippen molar-refractivity contribution in [1.29, 1.82) is 0 Å². The molecule has 2 heterocycles. The van der Waals surface area contributed by atoms with Crippen LogP contribution in [0.2, 0.25) is 0 Å². The van der Waals surface area contributed by atoms with E-state index in [0.29, 0.717) is 18.7 Å². The molecule has 2 aromatic rings. The minimum absolute atomic E-state index is 0.0543. The van der Waals surface area contributed by atoms with Crippen LogP contribution in [0.4, 0.5) is 10.2 Å². The number of nitrogens with zero attached hydrogens (tertiary/aromatic N) is 4. The average molecular weight is 342 g/mol. The molecule has 0 radical (unpaired) electrons. The smallest absolute Gasteiger partial charge is 0.253 e. The molecule has 0 spiro atoms. The van der Waals surface area contributed by atoms with Crippen molar-refractivity contribution in [2.45, 2.75) is 26.7 Å². The van der Waals surface area contributed by atoms with Crippen LogP contribution < -0.4 is 4.90 Å². The normalized spacial score (nSPS) is 14.9. The first-order valence-electron chi connectivity index (χ1n) is 8.59. The number of benzene rings is 1. The molecule has 1 aromatic carbocycles. The van der Waals surface area contributed by atoms with Crippen molar-refractivity contribution in [3.8, 4) is 0 Å². The Labute approximate surface area is 147 Å². The highest BCUT2D eigenvalue weighted by Gasteiger charge is 2.23. The zero-order valence-corrected chi connectivity index (χ0v) is 14.9. The van der Waals surface area contributed by atoms with Crippen molar-refractivity contribution in [2.24, 2.45) is 0 Å². The van der Waals surface area contributed by atoms with Crippen molar-refractivity contribution < 1.29 is 9.18 Å². The molecule has 1 aromatic heterocycles. The Balaban J connectivity index is 1.67. The van der Waals surface area contributed by atoms with Crippen LogP contribution in [-0.2, 0) is 0 Å². The minimum atomic E-state index is -0.332. The van der Waals surface area contributed by atoms with Gasteiger partial charge in [0.15, 0.2) is 0 Å². The van der Waals surface area contributed by atoms with Crippen LogP contribution in [0.25, 0.3) is 0 Å². The number of hydrogen-bond acceptors (Lipinski definition) is 4. The first-order valence-corrected chi connectivity index (χ1v) is 8.59. The third-order valence-electron chi connectivity index (χ3n) is 4.36. The van der Waals surface area contributed by atoms with Crippen molar-refractivity contribution >= 4 is 11.7 Å². The van der Waals surface area contributed by atoms with Crippen molar-refractivity contribution in [3.63, 3.8) is 0 Å². The summed E-state index contributed by atoms with van der Waals surface area (Å²) in [6.45, 7) is 8.83. The molecule has 132 valence electrons. The van der Waals surface area contributed by atoms with Crippen molar-refractivity contribution in [1.82, 2.24) is 14.9 Å². The number of piperazine rings is 1. The summed E-state index contributed by atoms with van der Waals surface area (Å²) in [5, 5.41) is 0. The number of carbonyl (C=O) groups excluding carboxylic acids is 1. The van der Waals surface area contributed by atoms with Gasteiger partial charge in [-0.3, -0.25) is 4.79 Å². The van der Waals surface area contributed by atoms with E-state index < -0.39 is 0 Å². The first-order chi connectivity index (χ1) is 11.9. The number of aromatic nitrogens is 2. The number of anilines is 1. The van der Waals surface area contributed by atoms with Crippen LogP contribution >= 0.6 is 0 Å². The van der Waals surface area contributed by atoms with Gasteiger partial charge in [0.05, 0.1) is 0 Å². The van der Waals surface area contributed by atoms with E-state index >= 15 is 0 Å². The van der Waals surface area contributed by atoms with Crippen LogP contribution in [0.15, 0.2) is 30.3 Å². The van der Waals surface area contributed by atoms with Gasteiger partial charge in [0.2, 0.25) is 0 Å². The second kappa shape index (κ2) is 7.17. The summed E-state index contributed by atoms with van der Waals surface area (Å²) >= 11 is 0. The molecular weight excluding hydrogens is 319 g/mol. The van der Waals surface area contributed by atoms with Crippen LogP contribution in [0.1, 0.15) is 41.6 Å². The van der Waals surface area contributed by atoms with Crippen LogP contribution in [0, 0.1) is 12.7 Å². The van der Waals surface area contributed by atoms with E-state index in [1.165, 1.54) is 24.3 Å². The van der Waals surface area contributed by atoms with Gasteiger partial charge < -0.3 is 9.80 Å². The molecule has 1 saturated heterocycles.